The Labute approximate surface area is 100 Å². The van der Waals surface area contributed by atoms with Crippen molar-refractivity contribution in [1.29, 1.82) is 0 Å². The van der Waals surface area contributed by atoms with Gasteiger partial charge in [0.05, 0.1) is 0 Å². The Hall–Kier alpha value is -1.75. The fourth-order valence-electron chi connectivity index (χ4n) is 1.56. The summed E-state index contributed by atoms with van der Waals surface area (Å²) in [4.78, 5) is 13.6. The van der Waals surface area contributed by atoms with Crippen molar-refractivity contribution in [2.75, 3.05) is 13.6 Å². The van der Waals surface area contributed by atoms with Gasteiger partial charge in [0, 0.05) is 24.7 Å². The normalized spacial score (nSPS) is 12.2. The number of carbonyl (C=O) groups is 1. The largest absolute Gasteiger partial charge is 0.508 e. The molecule has 1 aromatic rings. The van der Waals surface area contributed by atoms with Gasteiger partial charge in [0.1, 0.15) is 11.5 Å². The molecule has 0 heterocycles. The minimum Gasteiger partial charge on any atom is -0.508 e. The van der Waals surface area contributed by atoms with Crippen molar-refractivity contribution in [3.05, 3.63) is 23.8 Å². The molecule has 1 unspecified atom stereocenters. The number of hydrogen-bond acceptors (Lipinski definition) is 4. The lowest BCUT2D eigenvalue weighted by Crippen LogP contribution is -2.36. The first-order valence-corrected chi connectivity index (χ1v) is 5.46. The van der Waals surface area contributed by atoms with Crippen LogP contribution in [0.2, 0.25) is 0 Å². The molecule has 0 fully saturated rings. The van der Waals surface area contributed by atoms with E-state index in [1.807, 2.05) is 6.92 Å². The summed E-state index contributed by atoms with van der Waals surface area (Å²) < 4.78 is 0. The quantitative estimate of drug-likeness (QED) is 0.727. The van der Waals surface area contributed by atoms with Crippen LogP contribution in [0.15, 0.2) is 18.2 Å². The molecule has 1 amide bonds. The van der Waals surface area contributed by atoms with E-state index in [-0.39, 0.29) is 29.0 Å². The molecule has 5 heteroatoms. The second kappa shape index (κ2) is 5.54. The highest BCUT2D eigenvalue weighted by Crippen LogP contribution is 2.21. The number of benzene rings is 1. The smallest absolute Gasteiger partial charge is 0.254 e. The van der Waals surface area contributed by atoms with Gasteiger partial charge in [0.2, 0.25) is 0 Å². The highest BCUT2D eigenvalue weighted by Gasteiger charge is 2.17. The number of amides is 1. The van der Waals surface area contributed by atoms with Gasteiger partial charge in [0.15, 0.2) is 0 Å². The molecule has 0 aliphatic heterocycles. The zero-order chi connectivity index (χ0) is 13.0. The second-order valence-corrected chi connectivity index (χ2v) is 4.08. The van der Waals surface area contributed by atoms with Crippen LogP contribution in [0.3, 0.4) is 0 Å². The number of phenols is 2. The minimum absolute atomic E-state index is 0.0111. The van der Waals surface area contributed by atoms with Crippen LogP contribution in [0.4, 0.5) is 0 Å². The van der Waals surface area contributed by atoms with Crippen LogP contribution in [0.25, 0.3) is 0 Å². The summed E-state index contributed by atoms with van der Waals surface area (Å²) in [6.45, 7) is 2.40. The van der Waals surface area contributed by atoms with E-state index in [0.29, 0.717) is 13.0 Å². The van der Waals surface area contributed by atoms with E-state index in [1.165, 1.54) is 18.2 Å². The molecule has 5 nitrogen and oxygen atoms in total. The third-order valence-corrected chi connectivity index (χ3v) is 2.72. The summed E-state index contributed by atoms with van der Waals surface area (Å²) in [6, 6.07) is 3.85. The molecular weight excluding hydrogens is 220 g/mol. The number of hydrogen-bond donors (Lipinski definition) is 3. The third-order valence-electron chi connectivity index (χ3n) is 2.72. The van der Waals surface area contributed by atoms with E-state index < -0.39 is 0 Å². The van der Waals surface area contributed by atoms with Gasteiger partial charge in [-0.25, -0.2) is 0 Å². The van der Waals surface area contributed by atoms with Crippen molar-refractivity contribution in [2.45, 2.75) is 19.4 Å². The van der Waals surface area contributed by atoms with Crippen molar-refractivity contribution in [3.63, 3.8) is 0 Å². The minimum atomic E-state index is -0.253. The first kappa shape index (κ1) is 13.3. The van der Waals surface area contributed by atoms with Crippen LogP contribution < -0.4 is 5.73 Å². The Morgan fingerprint density at radius 2 is 1.88 bits per heavy atom. The van der Waals surface area contributed by atoms with E-state index in [9.17, 15) is 15.0 Å². The molecule has 1 atom stereocenters. The predicted molar refractivity (Wildman–Crippen MR) is 65.0 cm³/mol. The Balaban J connectivity index is 2.88. The fraction of sp³-hybridized carbons (Fsp3) is 0.417. The predicted octanol–water partition coefficient (Wildman–Crippen LogP) is 0.907. The molecule has 0 saturated heterocycles. The highest BCUT2D eigenvalue weighted by molar-refractivity contribution is 5.95. The van der Waals surface area contributed by atoms with Crippen molar-refractivity contribution in [1.82, 2.24) is 4.90 Å². The molecule has 4 N–H and O–H groups in total. The van der Waals surface area contributed by atoms with Crippen molar-refractivity contribution >= 4 is 5.91 Å². The second-order valence-electron chi connectivity index (χ2n) is 4.08. The maximum atomic E-state index is 12.0. The molecule has 0 saturated carbocycles. The average molecular weight is 238 g/mol. The van der Waals surface area contributed by atoms with Crippen LogP contribution in [0.1, 0.15) is 23.7 Å². The molecule has 0 aliphatic rings. The van der Waals surface area contributed by atoms with E-state index in [2.05, 4.69) is 0 Å². The summed E-state index contributed by atoms with van der Waals surface area (Å²) in [6.07, 6.45) is 0.701. The molecule has 1 rings (SSSR count). The van der Waals surface area contributed by atoms with Crippen LogP contribution in [0, 0.1) is 0 Å². The number of carbonyl (C=O) groups excluding carboxylic acids is 1. The van der Waals surface area contributed by atoms with Gasteiger partial charge in [-0.3, -0.25) is 4.79 Å². The molecule has 94 valence electrons. The number of phenolic OH excluding ortho intramolecular Hbond substituents is 2. The first-order chi connectivity index (χ1) is 7.95. The molecule has 1 aromatic carbocycles. The molecule has 0 aromatic heterocycles. The Bertz CT molecular complexity index is 386. The standard InChI is InChI=1S/C12H18N2O3/c1-8(3-4-13)14(2)12(17)9-5-10(15)7-11(16)6-9/h5-8,15-16H,3-4,13H2,1-2H3. The SMILES string of the molecule is CC(CCN)N(C)C(=O)c1cc(O)cc(O)c1. The summed E-state index contributed by atoms with van der Waals surface area (Å²) in [5.74, 6) is -0.515. The average Bonchev–Trinajstić information content (AvgIpc) is 2.26. The zero-order valence-electron chi connectivity index (χ0n) is 10.1. The molecule has 0 aliphatic carbocycles. The Kier molecular flexibility index (Phi) is 4.34. The van der Waals surface area contributed by atoms with Gasteiger partial charge >= 0.3 is 0 Å². The maximum Gasteiger partial charge on any atom is 0.254 e. The van der Waals surface area contributed by atoms with Crippen LogP contribution in [-0.4, -0.2) is 40.7 Å². The van der Waals surface area contributed by atoms with Gasteiger partial charge in [-0.15, -0.1) is 0 Å². The fourth-order valence-corrected chi connectivity index (χ4v) is 1.56. The highest BCUT2D eigenvalue weighted by atomic mass is 16.3. The monoisotopic (exact) mass is 238 g/mol. The summed E-state index contributed by atoms with van der Waals surface area (Å²) in [7, 11) is 1.67. The molecule has 0 bridgehead atoms. The summed E-state index contributed by atoms with van der Waals surface area (Å²) >= 11 is 0. The van der Waals surface area contributed by atoms with E-state index in [4.69, 9.17) is 5.73 Å². The number of rotatable bonds is 4. The Morgan fingerprint density at radius 3 is 2.35 bits per heavy atom. The van der Waals surface area contributed by atoms with Crippen molar-refractivity contribution in [2.24, 2.45) is 5.73 Å². The van der Waals surface area contributed by atoms with Crippen molar-refractivity contribution in [3.8, 4) is 11.5 Å². The topological polar surface area (TPSA) is 86.8 Å². The number of nitrogens with two attached hydrogens (primary N) is 1. The molecule has 17 heavy (non-hydrogen) atoms. The maximum absolute atomic E-state index is 12.0. The van der Waals surface area contributed by atoms with Gasteiger partial charge < -0.3 is 20.8 Å². The van der Waals surface area contributed by atoms with Crippen LogP contribution >= 0.6 is 0 Å². The Morgan fingerprint density at radius 1 is 1.35 bits per heavy atom. The van der Waals surface area contributed by atoms with Gasteiger partial charge in [0.25, 0.3) is 5.91 Å². The summed E-state index contributed by atoms with van der Waals surface area (Å²) in [5.41, 5.74) is 5.69. The first-order valence-electron chi connectivity index (χ1n) is 5.46. The lowest BCUT2D eigenvalue weighted by molar-refractivity contribution is 0.0738. The summed E-state index contributed by atoms with van der Waals surface area (Å²) in [5, 5.41) is 18.6. The van der Waals surface area contributed by atoms with Crippen LogP contribution in [-0.2, 0) is 0 Å². The third kappa shape index (κ3) is 3.35. The van der Waals surface area contributed by atoms with Gasteiger partial charge in [-0.2, -0.15) is 0 Å². The molecule has 0 spiro atoms. The number of aromatic hydroxyl groups is 2. The lowest BCUT2D eigenvalue weighted by atomic mass is 10.1. The lowest BCUT2D eigenvalue weighted by Gasteiger charge is -2.24. The molecule has 0 radical (unpaired) electrons. The zero-order valence-corrected chi connectivity index (χ0v) is 10.1. The van der Waals surface area contributed by atoms with E-state index >= 15 is 0 Å². The van der Waals surface area contributed by atoms with Crippen LogP contribution in [0.5, 0.6) is 11.5 Å². The van der Waals surface area contributed by atoms with Crippen molar-refractivity contribution < 1.29 is 15.0 Å². The molecular formula is C12H18N2O3. The van der Waals surface area contributed by atoms with Gasteiger partial charge in [-0.05, 0) is 32.0 Å². The number of nitrogens with zero attached hydrogens (tertiary/aromatic N) is 1. The van der Waals surface area contributed by atoms with E-state index in [1.54, 1.807) is 11.9 Å². The van der Waals surface area contributed by atoms with Gasteiger partial charge in [-0.1, -0.05) is 0 Å². The van der Waals surface area contributed by atoms with E-state index in [0.717, 1.165) is 0 Å².